The molecule has 1 heterocycles. The lowest BCUT2D eigenvalue weighted by Crippen LogP contribution is -2.18. The predicted molar refractivity (Wildman–Crippen MR) is 61.4 cm³/mol. The quantitative estimate of drug-likeness (QED) is 0.901. The van der Waals surface area contributed by atoms with E-state index >= 15 is 0 Å². The number of nitrogens with two attached hydrogens (primary N) is 1. The largest absolute Gasteiger partial charge is 0.478 e. The number of halogens is 3. The van der Waals surface area contributed by atoms with E-state index in [-0.39, 0.29) is 12.5 Å². The summed E-state index contributed by atoms with van der Waals surface area (Å²) in [7, 11) is 0. The summed E-state index contributed by atoms with van der Waals surface area (Å²) in [4.78, 5) is 4.18. The molecule has 98 valence electrons. The third-order valence-electron chi connectivity index (χ3n) is 2.65. The fourth-order valence-corrected chi connectivity index (χ4v) is 1.72. The van der Waals surface area contributed by atoms with Gasteiger partial charge in [-0.15, -0.1) is 0 Å². The molecule has 0 saturated carbocycles. The molecule has 0 radical (unpaired) electrons. The Bertz CT molecular complexity index is 457. The third-order valence-corrected chi connectivity index (χ3v) is 2.65. The molecular weight excluding hydrogens is 245 g/mol. The number of hydrogen-bond donors (Lipinski definition) is 1. The van der Waals surface area contributed by atoms with Crippen molar-refractivity contribution in [3.05, 3.63) is 35.4 Å². The zero-order valence-corrected chi connectivity index (χ0v) is 9.57. The molecule has 0 amide bonds. The number of ether oxygens (including phenoxy) is 1. The Labute approximate surface area is 102 Å². The van der Waals surface area contributed by atoms with E-state index in [4.69, 9.17) is 10.5 Å². The monoisotopic (exact) mass is 258 g/mol. The number of aliphatic imine (C=N–C) groups is 1. The maximum Gasteiger partial charge on any atom is 0.416 e. The summed E-state index contributed by atoms with van der Waals surface area (Å²) in [6.07, 6.45) is -4.06. The van der Waals surface area contributed by atoms with Crippen LogP contribution in [0.3, 0.4) is 0 Å². The van der Waals surface area contributed by atoms with Gasteiger partial charge in [0.25, 0.3) is 0 Å². The van der Waals surface area contributed by atoms with Crippen LogP contribution in [0.2, 0.25) is 0 Å². The molecule has 3 nitrogen and oxygen atoms in total. The number of hydrogen-bond acceptors (Lipinski definition) is 3. The molecule has 0 saturated heterocycles. The molecular formula is C12H13F3N2O. The smallest absolute Gasteiger partial charge is 0.416 e. The average molecular weight is 258 g/mol. The highest BCUT2D eigenvalue weighted by atomic mass is 19.4. The lowest BCUT2D eigenvalue weighted by atomic mass is 10.1. The van der Waals surface area contributed by atoms with Gasteiger partial charge in [0, 0.05) is 13.0 Å². The van der Waals surface area contributed by atoms with Gasteiger partial charge in [-0.25, -0.2) is 4.99 Å². The van der Waals surface area contributed by atoms with E-state index < -0.39 is 11.7 Å². The van der Waals surface area contributed by atoms with E-state index in [1.54, 1.807) is 6.07 Å². The summed E-state index contributed by atoms with van der Waals surface area (Å²) in [5.74, 6) is 0.449. The molecule has 18 heavy (non-hydrogen) atoms. The minimum atomic E-state index is -4.33. The van der Waals surface area contributed by atoms with Gasteiger partial charge in [0.05, 0.1) is 11.6 Å². The minimum Gasteiger partial charge on any atom is -0.478 e. The highest BCUT2D eigenvalue weighted by molar-refractivity contribution is 5.80. The molecule has 1 aromatic carbocycles. The Morgan fingerprint density at radius 2 is 2.17 bits per heavy atom. The van der Waals surface area contributed by atoms with Crippen LogP contribution in [0.15, 0.2) is 29.3 Å². The second-order valence-electron chi connectivity index (χ2n) is 4.10. The van der Waals surface area contributed by atoms with Crippen molar-refractivity contribution in [2.24, 2.45) is 10.7 Å². The van der Waals surface area contributed by atoms with Gasteiger partial charge in [-0.3, -0.25) is 0 Å². The van der Waals surface area contributed by atoms with Crippen molar-refractivity contribution in [1.82, 2.24) is 0 Å². The molecule has 2 rings (SSSR count). The Balaban J connectivity index is 2.11. The summed E-state index contributed by atoms with van der Waals surface area (Å²) < 4.78 is 42.8. The van der Waals surface area contributed by atoms with Crippen molar-refractivity contribution in [2.45, 2.75) is 18.6 Å². The van der Waals surface area contributed by atoms with Crippen LogP contribution in [0.5, 0.6) is 0 Å². The van der Waals surface area contributed by atoms with Gasteiger partial charge in [0.1, 0.15) is 6.61 Å². The zero-order chi connectivity index (χ0) is 13.2. The Kier molecular flexibility index (Phi) is 3.56. The number of benzene rings is 1. The Hall–Kier alpha value is -1.56. The van der Waals surface area contributed by atoms with E-state index in [0.29, 0.717) is 24.6 Å². The highest BCUT2D eigenvalue weighted by Crippen LogP contribution is 2.29. The van der Waals surface area contributed by atoms with E-state index in [1.807, 2.05) is 0 Å². The number of rotatable bonds is 3. The van der Waals surface area contributed by atoms with Crippen molar-refractivity contribution in [2.75, 3.05) is 13.2 Å². The van der Waals surface area contributed by atoms with Crippen LogP contribution >= 0.6 is 0 Å². The standard InChI is InChI=1S/C12H13F3N2O/c13-12(14,15)9-3-1-2-8(4-9)5-11-17-10(6-16)7-18-11/h1-4,10H,5-7,16H2. The fraction of sp³-hybridized carbons (Fsp3) is 0.417. The van der Waals surface area contributed by atoms with E-state index in [0.717, 1.165) is 12.1 Å². The third kappa shape index (κ3) is 3.01. The van der Waals surface area contributed by atoms with Crippen molar-refractivity contribution in [3.8, 4) is 0 Å². The van der Waals surface area contributed by atoms with Gasteiger partial charge in [-0.2, -0.15) is 13.2 Å². The summed E-state index contributed by atoms with van der Waals surface area (Å²) in [5.41, 5.74) is 5.31. The first-order chi connectivity index (χ1) is 8.49. The lowest BCUT2D eigenvalue weighted by Gasteiger charge is -2.08. The van der Waals surface area contributed by atoms with Gasteiger partial charge < -0.3 is 10.5 Å². The fourth-order valence-electron chi connectivity index (χ4n) is 1.72. The number of nitrogens with zero attached hydrogens (tertiary/aromatic N) is 1. The summed E-state index contributed by atoms with van der Waals surface area (Å²) >= 11 is 0. The molecule has 0 bridgehead atoms. The molecule has 1 aliphatic rings. The number of alkyl halides is 3. The van der Waals surface area contributed by atoms with Crippen LogP contribution in [0.4, 0.5) is 13.2 Å². The first-order valence-electron chi connectivity index (χ1n) is 5.54. The average Bonchev–Trinajstić information content (AvgIpc) is 2.76. The van der Waals surface area contributed by atoms with E-state index in [1.165, 1.54) is 6.07 Å². The van der Waals surface area contributed by atoms with E-state index in [2.05, 4.69) is 4.99 Å². The molecule has 6 heteroatoms. The SMILES string of the molecule is NCC1COC(Cc2cccc(C(F)(F)F)c2)=N1. The van der Waals surface area contributed by atoms with Crippen molar-refractivity contribution < 1.29 is 17.9 Å². The Morgan fingerprint density at radius 3 is 2.78 bits per heavy atom. The summed E-state index contributed by atoms with van der Waals surface area (Å²) in [6.45, 7) is 0.789. The van der Waals surface area contributed by atoms with Gasteiger partial charge in [0.2, 0.25) is 0 Å². The van der Waals surface area contributed by atoms with Crippen LogP contribution in [0.25, 0.3) is 0 Å². The first-order valence-corrected chi connectivity index (χ1v) is 5.54. The second-order valence-corrected chi connectivity index (χ2v) is 4.10. The van der Waals surface area contributed by atoms with Gasteiger partial charge in [-0.05, 0) is 11.6 Å². The van der Waals surface area contributed by atoms with Crippen molar-refractivity contribution >= 4 is 5.90 Å². The van der Waals surface area contributed by atoms with Crippen LogP contribution in [-0.4, -0.2) is 25.1 Å². The predicted octanol–water partition coefficient (Wildman–Crippen LogP) is 2.00. The van der Waals surface area contributed by atoms with Crippen LogP contribution in [-0.2, 0) is 17.3 Å². The summed E-state index contributed by atoms with van der Waals surface area (Å²) in [5, 5.41) is 0. The van der Waals surface area contributed by atoms with Crippen LogP contribution in [0.1, 0.15) is 11.1 Å². The topological polar surface area (TPSA) is 47.6 Å². The van der Waals surface area contributed by atoms with E-state index in [9.17, 15) is 13.2 Å². The molecule has 1 aliphatic heterocycles. The van der Waals surface area contributed by atoms with Gasteiger partial charge >= 0.3 is 6.18 Å². The Morgan fingerprint density at radius 1 is 1.39 bits per heavy atom. The lowest BCUT2D eigenvalue weighted by molar-refractivity contribution is -0.137. The normalized spacial score (nSPS) is 19.6. The second kappa shape index (κ2) is 4.97. The summed E-state index contributed by atoms with van der Waals surface area (Å²) in [6, 6.07) is 5.08. The first kappa shape index (κ1) is 12.9. The zero-order valence-electron chi connectivity index (χ0n) is 9.57. The molecule has 1 aromatic rings. The van der Waals surface area contributed by atoms with Gasteiger partial charge in [-0.1, -0.05) is 18.2 Å². The molecule has 0 aromatic heterocycles. The molecule has 0 spiro atoms. The van der Waals surface area contributed by atoms with Crippen LogP contribution in [0, 0.1) is 0 Å². The maximum atomic E-state index is 12.5. The molecule has 1 atom stereocenters. The van der Waals surface area contributed by atoms with Crippen molar-refractivity contribution in [3.63, 3.8) is 0 Å². The van der Waals surface area contributed by atoms with Crippen molar-refractivity contribution in [1.29, 1.82) is 0 Å². The molecule has 2 N–H and O–H groups in total. The molecule has 0 aliphatic carbocycles. The molecule has 1 unspecified atom stereocenters. The van der Waals surface area contributed by atoms with Crippen LogP contribution < -0.4 is 5.73 Å². The maximum absolute atomic E-state index is 12.5. The minimum absolute atomic E-state index is 0.0780. The van der Waals surface area contributed by atoms with Gasteiger partial charge in [0.15, 0.2) is 5.90 Å². The highest BCUT2D eigenvalue weighted by Gasteiger charge is 2.30. The molecule has 0 fully saturated rings.